The van der Waals surface area contributed by atoms with Gasteiger partial charge in [-0.15, -0.1) is 0 Å². The number of nitrogens with one attached hydrogen (secondary N) is 1. The molecule has 2 aliphatic heterocycles. The molecule has 1 atom stereocenters. The Balaban J connectivity index is 1.49. The van der Waals surface area contributed by atoms with Crippen LogP contribution in [0, 0.1) is 5.82 Å². The second kappa shape index (κ2) is 8.41. The third-order valence-corrected chi connectivity index (χ3v) is 5.65. The summed E-state index contributed by atoms with van der Waals surface area (Å²) in [6, 6.07) is 15.6. The van der Waals surface area contributed by atoms with Gasteiger partial charge in [0.15, 0.2) is 0 Å². The van der Waals surface area contributed by atoms with E-state index in [1.807, 2.05) is 40.1 Å². The summed E-state index contributed by atoms with van der Waals surface area (Å²) in [5, 5.41) is 3.54. The lowest BCUT2D eigenvalue weighted by Gasteiger charge is -2.39. The van der Waals surface area contributed by atoms with E-state index in [9.17, 15) is 9.18 Å². The Labute approximate surface area is 172 Å². The van der Waals surface area contributed by atoms with E-state index >= 15 is 0 Å². The van der Waals surface area contributed by atoms with E-state index < -0.39 is 0 Å². The van der Waals surface area contributed by atoms with Crippen LogP contribution in [0.15, 0.2) is 48.5 Å². The smallest absolute Gasteiger partial charge is 0.324 e. The summed E-state index contributed by atoms with van der Waals surface area (Å²) in [5.74, 6) is -0.222. The van der Waals surface area contributed by atoms with Crippen molar-refractivity contribution in [3.63, 3.8) is 0 Å². The number of fused-ring (bicyclic) bond motifs is 1. The number of hydrogen-bond acceptors (Lipinski definition) is 3. The Morgan fingerprint density at radius 3 is 2.52 bits per heavy atom. The Bertz CT molecular complexity index is 854. The monoisotopic (exact) mass is 396 g/mol. The highest BCUT2D eigenvalue weighted by Gasteiger charge is 2.33. The minimum absolute atomic E-state index is 0.0898. The summed E-state index contributed by atoms with van der Waals surface area (Å²) < 4.78 is 13.2. The molecule has 6 heteroatoms. The van der Waals surface area contributed by atoms with E-state index in [0.717, 1.165) is 43.0 Å². The molecule has 0 aromatic heterocycles. The predicted octanol–water partition coefficient (Wildman–Crippen LogP) is 3.84. The van der Waals surface area contributed by atoms with E-state index in [0.29, 0.717) is 25.2 Å². The second-order valence-corrected chi connectivity index (χ2v) is 8.22. The number of nitrogens with zero attached hydrogens (tertiary/aromatic N) is 3. The van der Waals surface area contributed by atoms with Crippen molar-refractivity contribution in [1.82, 2.24) is 10.2 Å². The van der Waals surface area contributed by atoms with Crippen LogP contribution in [0.25, 0.3) is 0 Å². The van der Waals surface area contributed by atoms with Gasteiger partial charge in [0.25, 0.3) is 0 Å². The van der Waals surface area contributed by atoms with E-state index in [2.05, 4.69) is 30.1 Å². The molecule has 154 valence electrons. The summed E-state index contributed by atoms with van der Waals surface area (Å²) >= 11 is 0. The highest BCUT2D eigenvalue weighted by Crippen LogP contribution is 2.34. The summed E-state index contributed by atoms with van der Waals surface area (Å²) in [5.41, 5.74) is 3.06. The highest BCUT2D eigenvalue weighted by atomic mass is 19.1. The number of hydrogen-bond donors (Lipinski definition) is 1. The molecule has 0 saturated carbocycles. The lowest BCUT2D eigenvalue weighted by molar-refractivity contribution is 0.214. The maximum absolute atomic E-state index is 13.3. The summed E-state index contributed by atoms with van der Waals surface area (Å²) in [4.78, 5) is 19.4. The molecule has 0 unspecified atom stereocenters. The zero-order chi connectivity index (χ0) is 20.4. The van der Waals surface area contributed by atoms with E-state index in [-0.39, 0.29) is 11.8 Å². The third-order valence-electron chi connectivity index (χ3n) is 5.65. The average Bonchev–Trinajstić information content (AvgIpc) is 3.17. The van der Waals surface area contributed by atoms with Crippen LogP contribution in [0.3, 0.4) is 0 Å². The van der Waals surface area contributed by atoms with Gasteiger partial charge in [-0.2, -0.15) is 0 Å². The van der Waals surface area contributed by atoms with Crippen LogP contribution in [-0.4, -0.2) is 49.2 Å². The number of urea groups is 1. The first kappa shape index (κ1) is 19.7. The molecular weight excluding hydrogens is 367 g/mol. The molecule has 2 aromatic carbocycles. The standard InChI is InChI=1S/C23H29FN4O/c1-17(2)25-20-11-12-27(16-20)23(29)28-14-13-26(21-5-3-4-6-22(21)28)15-18-7-9-19(24)10-8-18/h3-10,17,20,25H,11-16H2,1-2H3/t20-/m0/s1. The lowest BCUT2D eigenvalue weighted by Crippen LogP contribution is -2.49. The zero-order valence-corrected chi connectivity index (χ0v) is 17.1. The average molecular weight is 397 g/mol. The van der Waals surface area contributed by atoms with Crippen LogP contribution in [0.5, 0.6) is 0 Å². The predicted molar refractivity (Wildman–Crippen MR) is 115 cm³/mol. The number of halogens is 1. The molecule has 2 aliphatic rings. The number of benzene rings is 2. The summed E-state index contributed by atoms with van der Waals surface area (Å²) in [6.45, 7) is 7.93. The minimum atomic E-state index is -0.222. The van der Waals surface area contributed by atoms with Gasteiger partial charge in [-0.3, -0.25) is 4.90 Å². The lowest BCUT2D eigenvalue weighted by atomic mass is 10.1. The normalized spacial score (nSPS) is 19.0. The summed E-state index contributed by atoms with van der Waals surface area (Å²) in [6.07, 6.45) is 0.996. The molecule has 1 N–H and O–H groups in total. The minimum Gasteiger partial charge on any atom is -0.364 e. The molecule has 1 saturated heterocycles. The van der Waals surface area contributed by atoms with Crippen LogP contribution in [0.1, 0.15) is 25.8 Å². The van der Waals surface area contributed by atoms with Crippen LogP contribution in [-0.2, 0) is 6.54 Å². The van der Waals surface area contributed by atoms with Crippen molar-refractivity contribution in [2.75, 3.05) is 36.0 Å². The Morgan fingerprint density at radius 2 is 1.79 bits per heavy atom. The number of carbonyl (C=O) groups excluding carboxylic acids is 1. The Kier molecular flexibility index (Phi) is 5.72. The first-order valence-corrected chi connectivity index (χ1v) is 10.4. The molecule has 29 heavy (non-hydrogen) atoms. The topological polar surface area (TPSA) is 38.8 Å². The fraction of sp³-hybridized carbons (Fsp3) is 0.435. The van der Waals surface area contributed by atoms with Gasteiger partial charge in [-0.25, -0.2) is 9.18 Å². The summed E-state index contributed by atoms with van der Waals surface area (Å²) in [7, 11) is 0. The fourth-order valence-corrected chi connectivity index (χ4v) is 4.31. The van der Waals surface area contributed by atoms with Crippen molar-refractivity contribution >= 4 is 17.4 Å². The van der Waals surface area contributed by atoms with Crippen LogP contribution < -0.4 is 15.1 Å². The van der Waals surface area contributed by atoms with Gasteiger partial charge in [0.05, 0.1) is 11.4 Å². The van der Waals surface area contributed by atoms with Crippen molar-refractivity contribution in [2.24, 2.45) is 0 Å². The Morgan fingerprint density at radius 1 is 1.07 bits per heavy atom. The number of rotatable bonds is 4. The zero-order valence-electron chi connectivity index (χ0n) is 17.1. The first-order chi connectivity index (χ1) is 14.0. The van der Waals surface area contributed by atoms with Gasteiger partial charge >= 0.3 is 6.03 Å². The molecule has 2 aromatic rings. The van der Waals surface area contributed by atoms with E-state index in [1.165, 1.54) is 12.1 Å². The SMILES string of the molecule is CC(C)N[C@H]1CCN(C(=O)N2CCN(Cc3ccc(F)cc3)c3ccccc32)C1. The van der Waals surface area contributed by atoms with Crippen LogP contribution >= 0.6 is 0 Å². The molecule has 0 spiro atoms. The van der Waals surface area contributed by atoms with Crippen molar-refractivity contribution in [1.29, 1.82) is 0 Å². The quantitative estimate of drug-likeness (QED) is 0.853. The van der Waals surface area contributed by atoms with Crippen molar-refractivity contribution < 1.29 is 9.18 Å². The highest BCUT2D eigenvalue weighted by molar-refractivity contribution is 5.97. The maximum atomic E-state index is 13.3. The van der Waals surface area contributed by atoms with Crippen molar-refractivity contribution in [3.8, 4) is 0 Å². The van der Waals surface area contributed by atoms with Gasteiger partial charge in [-0.1, -0.05) is 38.1 Å². The number of para-hydroxylation sites is 2. The third kappa shape index (κ3) is 4.37. The first-order valence-electron chi connectivity index (χ1n) is 10.4. The van der Waals surface area contributed by atoms with Gasteiger partial charge < -0.3 is 15.1 Å². The molecule has 4 rings (SSSR count). The van der Waals surface area contributed by atoms with Crippen LogP contribution in [0.2, 0.25) is 0 Å². The van der Waals surface area contributed by atoms with E-state index in [1.54, 1.807) is 0 Å². The number of amides is 2. The second-order valence-electron chi connectivity index (χ2n) is 8.22. The van der Waals surface area contributed by atoms with Gasteiger partial charge in [0, 0.05) is 44.8 Å². The number of carbonyl (C=O) groups is 1. The molecule has 2 amide bonds. The molecule has 0 bridgehead atoms. The van der Waals surface area contributed by atoms with Crippen LogP contribution in [0.4, 0.5) is 20.6 Å². The molecular formula is C23H29FN4O. The van der Waals surface area contributed by atoms with Crippen molar-refractivity contribution in [2.45, 2.75) is 38.9 Å². The van der Waals surface area contributed by atoms with Gasteiger partial charge in [0.2, 0.25) is 0 Å². The molecule has 2 heterocycles. The van der Waals surface area contributed by atoms with Gasteiger partial charge in [-0.05, 0) is 36.2 Å². The molecule has 0 aliphatic carbocycles. The fourth-order valence-electron chi connectivity index (χ4n) is 4.31. The number of likely N-dealkylation sites (tertiary alicyclic amines) is 1. The molecule has 5 nitrogen and oxygen atoms in total. The Hall–Kier alpha value is -2.60. The number of anilines is 2. The largest absolute Gasteiger partial charge is 0.364 e. The maximum Gasteiger partial charge on any atom is 0.324 e. The van der Waals surface area contributed by atoms with Crippen molar-refractivity contribution in [3.05, 3.63) is 59.9 Å². The molecule has 1 fully saturated rings. The van der Waals surface area contributed by atoms with E-state index in [4.69, 9.17) is 0 Å². The molecule has 0 radical (unpaired) electrons. The van der Waals surface area contributed by atoms with Gasteiger partial charge in [0.1, 0.15) is 5.82 Å².